The Hall–Kier alpha value is -4.22. The number of carbonyl (C=O) groups excluding carboxylic acids is 2. The summed E-state index contributed by atoms with van der Waals surface area (Å²) in [6.45, 7) is 1.42. The summed E-state index contributed by atoms with van der Waals surface area (Å²) in [7, 11) is 3.30. The Morgan fingerprint density at radius 3 is 1.46 bits per heavy atom. The number of pyridine rings is 2. The van der Waals surface area contributed by atoms with Crippen molar-refractivity contribution in [3.63, 3.8) is 0 Å². The summed E-state index contributed by atoms with van der Waals surface area (Å²) in [5.74, 6) is 1.40. The molecule has 2 amide bonds. The highest BCUT2D eigenvalue weighted by Crippen LogP contribution is 2.46. The lowest BCUT2D eigenvalue weighted by Gasteiger charge is -2.20. The number of nitrogens with zero attached hydrogens (tertiary/aromatic N) is 2. The van der Waals surface area contributed by atoms with Gasteiger partial charge in [-0.3, -0.25) is 9.59 Å². The number of rotatable bonds is 11. The lowest BCUT2D eigenvalue weighted by molar-refractivity contribution is -0.120. The Kier molecular flexibility index (Phi) is 9.82. The molecule has 0 radical (unpaired) electrons. The molecule has 8 rings (SSSR count). The number of halogens is 2. The third-order valence-electron chi connectivity index (χ3n) is 10.9. The summed E-state index contributed by atoms with van der Waals surface area (Å²) in [6.07, 6.45) is 6.48. The molecule has 52 heavy (non-hydrogen) atoms. The van der Waals surface area contributed by atoms with Crippen molar-refractivity contribution in [2.45, 2.75) is 75.5 Å². The SMILES string of the molecule is COc1nc(-c2cccc(-c3cccc(-c4cc5c(c(OC)n4)C(NC[C@@H]4CCC(=O)N4)CC5)c3Cl)c2Cl)cc2c1C(NC[C@@H]1CCC(=O)N1)CC2. The fourth-order valence-electron chi connectivity index (χ4n) is 8.31. The van der Waals surface area contributed by atoms with Crippen LogP contribution in [0.5, 0.6) is 11.8 Å². The Bertz CT molecular complexity index is 1910. The molecule has 0 spiro atoms. The topological polar surface area (TPSA) is 126 Å². The molecule has 0 bridgehead atoms. The van der Waals surface area contributed by atoms with Crippen LogP contribution in [0.2, 0.25) is 10.0 Å². The van der Waals surface area contributed by atoms with Crippen LogP contribution >= 0.6 is 23.2 Å². The lowest BCUT2D eigenvalue weighted by Crippen LogP contribution is -2.37. The summed E-state index contributed by atoms with van der Waals surface area (Å²) >= 11 is 14.5. The van der Waals surface area contributed by atoms with Crippen LogP contribution in [0.1, 0.15) is 72.9 Å². The Labute approximate surface area is 313 Å². The van der Waals surface area contributed by atoms with E-state index in [0.29, 0.717) is 47.7 Å². The summed E-state index contributed by atoms with van der Waals surface area (Å²) in [4.78, 5) is 33.3. The molecule has 4 aliphatic rings. The van der Waals surface area contributed by atoms with Gasteiger partial charge in [-0.1, -0.05) is 59.6 Å². The van der Waals surface area contributed by atoms with E-state index in [1.54, 1.807) is 14.2 Å². The largest absolute Gasteiger partial charge is 0.481 e. The van der Waals surface area contributed by atoms with Crippen LogP contribution in [-0.2, 0) is 22.4 Å². The third-order valence-corrected chi connectivity index (χ3v) is 11.8. The highest BCUT2D eigenvalue weighted by atomic mass is 35.5. The first kappa shape index (κ1) is 34.8. The summed E-state index contributed by atoms with van der Waals surface area (Å²) in [5.41, 5.74) is 9.14. The first-order valence-electron chi connectivity index (χ1n) is 18.1. The number of methoxy groups -OCH3 is 2. The number of hydrogen-bond acceptors (Lipinski definition) is 8. The van der Waals surface area contributed by atoms with Gasteiger partial charge in [-0.25, -0.2) is 9.97 Å². The van der Waals surface area contributed by atoms with E-state index in [0.717, 1.165) is 83.3 Å². The molecule has 4 atom stereocenters. The van der Waals surface area contributed by atoms with Gasteiger partial charge in [0.2, 0.25) is 23.6 Å². The number of aromatic nitrogens is 2. The summed E-state index contributed by atoms with van der Waals surface area (Å²) < 4.78 is 11.7. The maximum absolute atomic E-state index is 11.7. The molecule has 4 N–H and O–H groups in total. The van der Waals surface area contributed by atoms with Gasteiger partial charge >= 0.3 is 0 Å². The van der Waals surface area contributed by atoms with E-state index in [4.69, 9.17) is 42.6 Å². The van der Waals surface area contributed by atoms with Gasteiger partial charge < -0.3 is 30.7 Å². The molecular formula is C40H42Cl2N6O4. The molecule has 2 unspecified atom stereocenters. The van der Waals surface area contributed by atoms with Crippen molar-refractivity contribution in [2.75, 3.05) is 27.3 Å². The fraction of sp³-hybridized carbons (Fsp3) is 0.400. The third kappa shape index (κ3) is 6.62. The zero-order valence-corrected chi connectivity index (χ0v) is 30.8. The van der Waals surface area contributed by atoms with Crippen molar-refractivity contribution in [3.8, 4) is 45.4 Å². The van der Waals surface area contributed by atoms with Crippen molar-refractivity contribution in [3.05, 3.63) is 80.8 Å². The number of amides is 2. The number of hydrogen-bond donors (Lipinski definition) is 4. The van der Waals surface area contributed by atoms with E-state index >= 15 is 0 Å². The highest BCUT2D eigenvalue weighted by Gasteiger charge is 2.32. The number of fused-ring (bicyclic) bond motifs is 2. The van der Waals surface area contributed by atoms with Gasteiger partial charge in [0.05, 0.1) is 35.7 Å². The zero-order chi connectivity index (χ0) is 35.9. The minimum Gasteiger partial charge on any atom is -0.481 e. The second kappa shape index (κ2) is 14.7. The maximum atomic E-state index is 11.7. The number of aryl methyl sites for hydroxylation is 2. The van der Waals surface area contributed by atoms with Crippen LogP contribution in [0.15, 0.2) is 48.5 Å². The molecule has 2 aromatic heterocycles. The molecular weight excluding hydrogens is 699 g/mol. The van der Waals surface area contributed by atoms with Crippen molar-refractivity contribution in [1.82, 2.24) is 31.2 Å². The molecule has 0 saturated carbocycles. The molecule has 270 valence electrons. The van der Waals surface area contributed by atoms with Crippen LogP contribution in [0.3, 0.4) is 0 Å². The minimum atomic E-state index is 0.0992. The standard InChI is InChI=1S/C40H42Cl2N6O4/c1-51-39-35-21(9-13-29(35)43-19-23-11-15-33(49)45-23)17-31(47-39)27-7-3-5-25(37(27)41)26-6-4-8-28(38(26)42)32-18-22-10-14-30(36(22)40(48-32)52-2)44-20-24-12-16-34(50)46-24/h3-8,17-18,23-24,29-30,43-44H,9-16,19-20H2,1-2H3,(H,45,49)(H,46,50)/t23-,24-,29?,30?/m0/s1. The minimum absolute atomic E-state index is 0.0992. The van der Waals surface area contributed by atoms with Gasteiger partial charge in [0, 0.05) is 83.5 Å². The van der Waals surface area contributed by atoms with Crippen molar-refractivity contribution in [2.24, 2.45) is 0 Å². The van der Waals surface area contributed by atoms with E-state index in [1.807, 2.05) is 36.4 Å². The van der Waals surface area contributed by atoms with Gasteiger partial charge in [-0.05, 0) is 61.8 Å². The summed E-state index contributed by atoms with van der Waals surface area (Å²) in [6, 6.07) is 16.6. The van der Waals surface area contributed by atoms with Crippen molar-refractivity contribution >= 4 is 35.0 Å². The molecule has 10 nitrogen and oxygen atoms in total. The second-order valence-corrected chi connectivity index (χ2v) is 14.9. The molecule has 2 aliphatic carbocycles. The molecule has 4 heterocycles. The molecule has 2 saturated heterocycles. The fourth-order valence-corrected chi connectivity index (χ4v) is 8.96. The van der Waals surface area contributed by atoms with E-state index in [1.165, 1.54) is 11.1 Å². The number of benzene rings is 2. The van der Waals surface area contributed by atoms with Crippen molar-refractivity contribution in [1.29, 1.82) is 0 Å². The number of nitrogens with one attached hydrogen (secondary N) is 4. The first-order chi connectivity index (χ1) is 25.3. The van der Waals surface area contributed by atoms with Gasteiger partial charge in [0.15, 0.2) is 0 Å². The average Bonchev–Trinajstić information content (AvgIpc) is 3.96. The summed E-state index contributed by atoms with van der Waals surface area (Å²) in [5, 5.41) is 14.4. The van der Waals surface area contributed by atoms with E-state index < -0.39 is 0 Å². The molecule has 2 aromatic carbocycles. The van der Waals surface area contributed by atoms with Gasteiger partial charge in [-0.2, -0.15) is 0 Å². The van der Waals surface area contributed by atoms with E-state index in [9.17, 15) is 9.59 Å². The molecule has 2 aliphatic heterocycles. The molecule has 4 aromatic rings. The maximum Gasteiger partial charge on any atom is 0.220 e. The Morgan fingerprint density at radius 1 is 0.654 bits per heavy atom. The lowest BCUT2D eigenvalue weighted by atomic mass is 9.97. The van der Waals surface area contributed by atoms with Crippen molar-refractivity contribution < 1.29 is 19.1 Å². The normalized spacial score (nSPS) is 21.9. The van der Waals surface area contributed by atoms with Crippen LogP contribution < -0.4 is 30.7 Å². The van der Waals surface area contributed by atoms with Gasteiger partial charge in [-0.15, -0.1) is 0 Å². The molecule has 12 heteroatoms. The smallest absolute Gasteiger partial charge is 0.220 e. The monoisotopic (exact) mass is 740 g/mol. The first-order valence-corrected chi connectivity index (χ1v) is 18.9. The Balaban J connectivity index is 1.07. The predicted octanol–water partition coefficient (Wildman–Crippen LogP) is 6.51. The quantitative estimate of drug-likeness (QED) is 0.137. The number of ether oxygens (including phenoxy) is 2. The van der Waals surface area contributed by atoms with Crippen LogP contribution in [0.4, 0.5) is 0 Å². The van der Waals surface area contributed by atoms with Gasteiger partial charge in [0.25, 0.3) is 0 Å². The predicted molar refractivity (Wildman–Crippen MR) is 202 cm³/mol. The van der Waals surface area contributed by atoms with E-state index in [2.05, 4.69) is 33.4 Å². The molecule has 2 fully saturated rings. The van der Waals surface area contributed by atoms with Crippen LogP contribution in [0.25, 0.3) is 33.6 Å². The zero-order valence-electron chi connectivity index (χ0n) is 29.3. The Morgan fingerprint density at radius 2 is 1.08 bits per heavy atom. The average molecular weight is 742 g/mol. The highest BCUT2D eigenvalue weighted by molar-refractivity contribution is 6.39. The van der Waals surface area contributed by atoms with E-state index in [-0.39, 0.29) is 36.0 Å². The van der Waals surface area contributed by atoms with Crippen LogP contribution in [0, 0.1) is 0 Å². The number of carbonyl (C=O) groups is 2. The van der Waals surface area contributed by atoms with Crippen LogP contribution in [-0.4, -0.2) is 61.2 Å². The second-order valence-electron chi connectivity index (χ2n) is 14.1. The van der Waals surface area contributed by atoms with Gasteiger partial charge in [0.1, 0.15) is 0 Å².